The second-order valence-electron chi connectivity index (χ2n) is 6.21. The molecule has 0 aliphatic rings. The number of nitriles is 1. The average Bonchev–Trinajstić information content (AvgIpc) is 3.39. The molecule has 30 heavy (non-hydrogen) atoms. The van der Waals surface area contributed by atoms with E-state index in [1.54, 1.807) is 20.5 Å². The summed E-state index contributed by atoms with van der Waals surface area (Å²) in [4.78, 5) is 4.94. The van der Waals surface area contributed by atoms with Gasteiger partial charge in [-0.25, -0.2) is 4.98 Å². The van der Waals surface area contributed by atoms with Crippen LogP contribution in [0.5, 0.6) is 23.0 Å². The van der Waals surface area contributed by atoms with Crippen LogP contribution in [-0.2, 0) is 0 Å². The summed E-state index contributed by atoms with van der Waals surface area (Å²) in [5.41, 5.74) is 1.61. The van der Waals surface area contributed by atoms with Crippen molar-refractivity contribution in [3.8, 4) is 34.1 Å². The highest BCUT2D eigenvalue weighted by Crippen LogP contribution is 2.36. The third-order valence-electron chi connectivity index (χ3n) is 4.43. The molecule has 2 aromatic carbocycles. The SMILES string of the molecule is COc1cc2ncn(-c3cc(OCCOc4ccccc4)c(C#N)s3)c2cc1OC. The number of hydrogen-bond donors (Lipinski definition) is 0. The van der Waals surface area contributed by atoms with E-state index in [2.05, 4.69) is 11.1 Å². The molecule has 0 N–H and O–H groups in total. The normalized spacial score (nSPS) is 10.6. The molecule has 0 aliphatic carbocycles. The molecule has 2 heterocycles. The predicted octanol–water partition coefficient (Wildman–Crippen LogP) is 4.43. The molecule has 4 aromatic rings. The van der Waals surface area contributed by atoms with Gasteiger partial charge < -0.3 is 18.9 Å². The molecule has 7 nitrogen and oxygen atoms in total. The third kappa shape index (κ3) is 3.88. The highest BCUT2D eigenvalue weighted by Gasteiger charge is 2.16. The van der Waals surface area contributed by atoms with E-state index < -0.39 is 0 Å². The molecule has 152 valence electrons. The topological polar surface area (TPSA) is 78.5 Å². The third-order valence-corrected chi connectivity index (χ3v) is 5.45. The van der Waals surface area contributed by atoms with Gasteiger partial charge in [0.05, 0.1) is 25.3 Å². The Kier molecular flexibility index (Phi) is 5.72. The molecule has 0 saturated carbocycles. The Balaban J connectivity index is 1.54. The van der Waals surface area contributed by atoms with Crippen molar-refractivity contribution in [1.29, 1.82) is 5.26 Å². The van der Waals surface area contributed by atoms with Gasteiger partial charge in [0.1, 0.15) is 47.0 Å². The van der Waals surface area contributed by atoms with Crippen LogP contribution in [-0.4, -0.2) is 37.0 Å². The number of hydrogen-bond acceptors (Lipinski definition) is 7. The number of rotatable bonds is 8. The van der Waals surface area contributed by atoms with Crippen molar-refractivity contribution in [2.75, 3.05) is 27.4 Å². The Hall–Kier alpha value is -3.70. The fraction of sp³-hybridized carbons (Fsp3) is 0.182. The summed E-state index contributed by atoms with van der Waals surface area (Å²) in [6.07, 6.45) is 1.71. The van der Waals surface area contributed by atoms with E-state index in [9.17, 15) is 5.26 Å². The first-order valence-corrected chi connectivity index (χ1v) is 9.99. The van der Waals surface area contributed by atoms with E-state index in [1.165, 1.54) is 11.3 Å². The van der Waals surface area contributed by atoms with Crippen LogP contribution in [0.1, 0.15) is 4.88 Å². The highest BCUT2D eigenvalue weighted by atomic mass is 32.1. The van der Waals surface area contributed by atoms with Gasteiger partial charge >= 0.3 is 0 Å². The summed E-state index contributed by atoms with van der Waals surface area (Å²) in [6.45, 7) is 0.709. The molecule has 0 atom stereocenters. The van der Waals surface area contributed by atoms with Crippen molar-refractivity contribution in [2.24, 2.45) is 0 Å². The van der Waals surface area contributed by atoms with Crippen molar-refractivity contribution in [2.45, 2.75) is 0 Å². The zero-order valence-corrected chi connectivity index (χ0v) is 17.3. The molecule has 0 aliphatic heterocycles. The maximum atomic E-state index is 9.52. The second kappa shape index (κ2) is 8.76. The van der Waals surface area contributed by atoms with E-state index in [4.69, 9.17) is 18.9 Å². The van der Waals surface area contributed by atoms with Crippen LogP contribution in [0.3, 0.4) is 0 Å². The molecule has 0 radical (unpaired) electrons. The fourth-order valence-corrected chi connectivity index (χ4v) is 3.89. The predicted molar refractivity (Wildman–Crippen MR) is 114 cm³/mol. The molecule has 8 heteroatoms. The van der Waals surface area contributed by atoms with Crippen LogP contribution in [0.4, 0.5) is 0 Å². The molecule has 4 rings (SSSR count). The first-order valence-electron chi connectivity index (χ1n) is 9.17. The minimum Gasteiger partial charge on any atom is -0.493 e. The standard InChI is InChI=1S/C22H19N3O4S/c1-26-18-10-16-17(11-19(18)27-2)25(14-24-16)22-12-20(21(13-23)30-22)29-9-8-28-15-6-4-3-5-7-15/h3-7,10-12,14H,8-9H2,1-2H3. The Bertz CT molecular complexity index is 1190. The van der Waals surface area contributed by atoms with E-state index in [1.807, 2.05) is 53.1 Å². The van der Waals surface area contributed by atoms with Crippen molar-refractivity contribution >= 4 is 22.4 Å². The lowest BCUT2D eigenvalue weighted by molar-refractivity contribution is 0.217. The van der Waals surface area contributed by atoms with Crippen molar-refractivity contribution in [3.05, 3.63) is 59.7 Å². The zero-order chi connectivity index (χ0) is 20.9. The van der Waals surface area contributed by atoms with Crippen molar-refractivity contribution in [1.82, 2.24) is 9.55 Å². The van der Waals surface area contributed by atoms with E-state index in [0.29, 0.717) is 35.3 Å². The lowest BCUT2D eigenvalue weighted by atomic mass is 10.2. The molecule has 0 spiro atoms. The monoisotopic (exact) mass is 421 g/mol. The van der Waals surface area contributed by atoms with Gasteiger partial charge in [-0.1, -0.05) is 18.2 Å². The number of methoxy groups -OCH3 is 2. The van der Waals surface area contributed by atoms with Gasteiger partial charge in [0, 0.05) is 18.2 Å². The van der Waals surface area contributed by atoms with Crippen molar-refractivity contribution < 1.29 is 18.9 Å². The maximum Gasteiger partial charge on any atom is 0.163 e. The van der Waals surface area contributed by atoms with Gasteiger partial charge in [-0.05, 0) is 12.1 Å². The van der Waals surface area contributed by atoms with Gasteiger partial charge in [0.15, 0.2) is 11.5 Å². The first kappa shape index (κ1) is 19.6. The molecule has 0 amide bonds. The summed E-state index contributed by atoms with van der Waals surface area (Å²) < 4.78 is 24.1. The minimum absolute atomic E-state index is 0.329. The minimum atomic E-state index is 0.329. The zero-order valence-electron chi connectivity index (χ0n) is 16.5. The molecule has 0 unspecified atom stereocenters. The second-order valence-corrected chi connectivity index (χ2v) is 7.24. The smallest absolute Gasteiger partial charge is 0.163 e. The Morgan fingerprint density at radius 2 is 1.70 bits per heavy atom. The lowest BCUT2D eigenvalue weighted by Gasteiger charge is -2.08. The maximum absolute atomic E-state index is 9.52. The number of imidazole rings is 1. The Morgan fingerprint density at radius 1 is 0.967 bits per heavy atom. The van der Waals surface area contributed by atoms with Crippen LogP contribution in [0.2, 0.25) is 0 Å². The first-order chi connectivity index (χ1) is 14.7. The quantitative estimate of drug-likeness (QED) is 0.392. The van der Waals surface area contributed by atoms with E-state index in [0.717, 1.165) is 21.8 Å². The van der Waals surface area contributed by atoms with Crippen LogP contribution in [0.15, 0.2) is 54.9 Å². The molecule has 0 bridgehead atoms. The molecule has 0 saturated heterocycles. The summed E-state index contributed by atoms with van der Waals surface area (Å²) >= 11 is 1.33. The number of benzene rings is 2. The highest BCUT2D eigenvalue weighted by molar-refractivity contribution is 7.15. The molecular weight excluding hydrogens is 402 g/mol. The average molecular weight is 421 g/mol. The summed E-state index contributed by atoms with van der Waals surface area (Å²) in [5, 5.41) is 10.3. The number of nitrogens with zero attached hydrogens (tertiary/aromatic N) is 3. The van der Waals surface area contributed by atoms with Gasteiger partial charge in [-0.3, -0.25) is 4.57 Å². The van der Waals surface area contributed by atoms with Crippen LogP contribution in [0.25, 0.3) is 16.0 Å². The lowest BCUT2D eigenvalue weighted by Crippen LogP contribution is -2.09. The van der Waals surface area contributed by atoms with Crippen molar-refractivity contribution in [3.63, 3.8) is 0 Å². The van der Waals surface area contributed by atoms with Gasteiger partial charge in [-0.2, -0.15) is 5.26 Å². The van der Waals surface area contributed by atoms with Gasteiger partial charge in [0.2, 0.25) is 0 Å². The molecule has 0 fully saturated rings. The number of ether oxygens (including phenoxy) is 4. The molecule has 2 aromatic heterocycles. The molecular formula is C22H19N3O4S. The summed E-state index contributed by atoms with van der Waals surface area (Å²) in [5.74, 6) is 2.53. The summed E-state index contributed by atoms with van der Waals surface area (Å²) in [6, 6.07) is 17.2. The number of para-hydroxylation sites is 1. The van der Waals surface area contributed by atoms with Crippen LogP contribution < -0.4 is 18.9 Å². The fourth-order valence-electron chi connectivity index (χ4n) is 3.01. The Labute approximate surface area is 177 Å². The van der Waals surface area contributed by atoms with Crippen LogP contribution >= 0.6 is 11.3 Å². The van der Waals surface area contributed by atoms with Crippen LogP contribution in [0, 0.1) is 11.3 Å². The number of aromatic nitrogens is 2. The van der Waals surface area contributed by atoms with Gasteiger partial charge in [0.25, 0.3) is 0 Å². The van der Waals surface area contributed by atoms with E-state index >= 15 is 0 Å². The summed E-state index contributed by atoms with van der Waals surface area (Å²) in [7, 11) is 3.18. The van der Waals surface area contributed by atoms with Gasteiger partial charge in [-0.15, -0.1) is 11.3 Å². The Morgan fingerprint density at radius 3 is 2.43 bits per heavy atom. The van der Waals surface area contributed by atoms with E-state index in [-0.39, 0.29) is 0 Å². The number of thiophene rings is 1. The number of fused-ring (bicyclic) bond motifs is 1. The largest absolute Gasteiger partial charge is 0.493 e.